The highest BCUT2D eigenvalue weighted by molar-refractivity contribution is 7.92. The van der Waals surface area contributed by atoms with Crippen LogP contribution in [0.25, 0.3) is 0 Å². The van der Waals surface area contributed by atoms with E-state index in [1.54, 1.807) is 30.3 Å². The molecule has 0 fully saturated rings. The zero-order valence-electron chi connectivity index (χ0n) is 16.6. The predicted molar refractivity (Wildman–Crippen MR) is 109 cm³/mol. The second-order valence-corrected chi connectivity index (χ2v) is 8.67. The fraction of sp³-hybridized carbons (Fsp3) is 0.300. The zero-order chi connectivity index (χ0) is 21.3. The molecule has 0 spiro atoms. The van der Waals surface area contributed by atoms with Gasteiger partial charge in [-0.15, -0.1) is 0 Å². The Kier molecular flexibility index (Phi) is 5.52. The normalized spacial score (nSPS) is 15.6. The minimum Gasteiger partial charge on any atom is -0.497 e. The number of carbonyl (C=O) groups is 2. The van der Waals surface area contributed by atoms with Crippen molar-refractivity contribution in [1.82, 2.24) is 0 Å². The van der Waals surface area contributed by atoms with Gasteiger partial charge in [0, 0.05) is 11.6 Å². The minimum atomic E-state index is -3.40. The lowest BCUT2D eigenvalue weighted by Crippen LogP contribution is -2.34. The van der Waals surface area contributed by atoms with Gasteiger partial charge in [0.1, 0.15) is 5.75 Å². The monoisotopic (exact) mass is 418 g/mol. The molecule has 2 aromatic carbocycles. The van der Waals surface area contributed by atoms with Gasteiger partial charge in [0.05, 0.1) is 37.4 Å². The van der Waals surface area contributed by atoms with E-state index in [0.717, 1.165) is 11.8 Å². The number of methoxy groups -OCH3 is 2. The van der Waals surface area contributed by atoms with E-state index in [1.165, 1.54) is 24.6 Å². The largest absolute Gasteiger partial charge is 0.497 e. The number of anilines is 2. The molecule has 154 valence electrons. The first-order chi connectivity index (χ1) is 13.7. The molecule has 2 aromatic rings. The number of esters is 1. The molecule has 29 heavy (non-hydrogen) atoms. The molecular weight excluding hydrogens is 396 g/mol. The van der Waals surface area contributed by atoms with Gasteiger partial charge in [-0.2, -0.15) is 0 Å². The van der Waals surface area contributed by atoms with Crippen LogP contribution in [0.5, 0.6) is 5.75 Å². The van der Waals surface area contributed by atoms with Crippen LogP contribution in [0.2, 0.25) is 0 Å². The third kappa shape index (κ3) is 4.04. The average Bonchev–Trinajstić information content (AvgIpc) is 3.02. The van der Waals surface area contributed by atoms with Crippen molar-refractivity contribution in [1.29, 1.82) is 0 Å². The molecule has 8 nitrogen and oxygen atoms in total. The maximum Gasteiger partial charge on any atom is 0.340 e. The lowest BCUT2D eigenvalue weighted by Gasteiger charge is -2.21. The standard InChI is InChI=1S/C20H22N2O6S/c1-12-9-14-10-13(5-8-18(14)22(12)29(4,25)26)19(23)21-17-7-6-15(27-2)11-16(17)20(24)28-3/h5-8,10-12H,9H2,1-4H3,(H,21,23). The van der Waals surface area contributed by atoms with E-state index in [4.69, 9.17) is 9.47 Å². The second kappa shape index (κ2) is 7.75. The summed E-state index contributed by atoms with van der Waals surface area (Å²) in [5.41, 5.74) is 2.17. The molecule has 0 aromatic heterocycles. The van der Waals surface area contributed by atoms with Gasteiger partial charge in [-0.1, -0.05) is 0 Å². The fourth-order valence-corrected chi connectivity index (χ4v) is 4.75. The molecule has 0 bridgehead atoms. The van der Waals surface area contributed by atoms with Gasteiger partial charge in [0.25, 0.3) is 5.91 Å². The number of carbonyl (C=O) groups excluding carboxylic acids is 2. The van der Waals surface area contributed by atoms with Crippen LogP contribution in [0.1, 0.15) is 33.2 Å². The van der Waals surface area contributed by atoms with Crippen LogP contribution in [0, 0.1) is 0 Å². The summed E-state index contributed by atoms with van der Waals surface area (Å²) >= 11 is 0. The van der Waals surface area contributed by atoms with E-state index >= 15 is 0 Å². The Morgan fingerprint density at radius 1 is 1.14 bits per heavy atom. The first-order valence-corrected chi connectivity index (χ1v) is 10.7. The Labute approximate surface area is 169 Å². The molecule has 0 radical (unpaired) electrons. The third-order valence-corrected chi connectivity index (χ3v) is 6.00. The van der Waals surface area contributed by atoms with Crippen molar-refractivity contribution in [3.05, 3.63) is 53.1 Å². The van der Waals surface area contributed by atoms with Crippen LogP contribution in [0.3, 0.4) is 0 Å². The molecule has 9 heteroatoms. The number of ether oxygens (including phenoxy) is 2. The van der Waals surface area contributed by atoms with Crippen molar-refractivity contribution in [2.24, 2.45) is 0 Å². The number of amides is 1. The smallest absolute Gasteiger partial charge is 0.340 e. The third-order valence-electron chi connectivity index (χ3n) is 4.73. The average molecular weight is 418 g/mol. The Morgan fingerprint density at radius 2 is 1.86 bits per heavy atom. The first kappa shape index (κ1) is 20.7. The Balaban J connectivity index is 1.90. The molecule has 3 rings (SSSR count). The van der Waals surface area contributed by atoms with Gasteiger partial charge in [0.15, 0.2) is 0 Å². The van der Waals surface area contributed by atoms with Crippen LogP contribution >= 0.6 is 0 Å². The summed E-state index contributed by atoms with van der Waals surface area (Å²) in [7, 11) is -0.677. The number of hydrogen-bond acceptors (Lipinski definition) is 6. The molecule has 1 atom stereocenters. The molecule has 1 aliphatic rings. The van der Waals surface area contributed by atoms with Gasteiger partial charge < -0.3 is 14.8 Å². The van der Waals surface area contributed by atoms with Crippen molar-refractivity contribution in [3.63, 3.8) is 0 Å². The lowest BCUT2D eigenvalue weighted by atomic mass is 10.1. The van der Waals surface area contributed by atoms with Crippen LogP contribution < -0.4 is 14.4 Å². The van der Waals surface area contributed by atoms with Gasteiger partial charge in [-0.05, 0) is 55.3 Å². The summed E-state index contributed by atoms with van der Waals surface area (Å²) in [6.45, 7) is 1.82. The van der Waals surface area contributed by atoms with E-state index < -0.39 is 21.9 Å². The number of nitrogens with one attached hydrogen (secondary N) is 1. The summed E-state index contributed by atoms with van der Waals surface area (Å²) in [5, 5.41) is 2.71. The van der Waals surface area contributed by atoms with Crippen LogP contribution in [-0.2, 0) is 21.2 Å². The highest BCUT2D eigenvalue weighted by atomic mass is 32.2. The van der Waals surface area contributed by atoms with Gasteiger partial charge in [-0.25, -0.2) is 13.2 Å². The van der Waals surface area contributed by atoms with Crippen LogP contribution in [0.4, 0.5) is 11.4 Å². The summed E-state index contributed by atoms with van der Waals surface area (Å²) in [4.78, 5) is 24.8. The molecule has 1 amide bonds. The Hall–Kier alpha value is -3.07. The van der Waals surface area contributed by atoms with E-state index in [1.807, 2.05) is 6.92 Å². The Morgan fingerprint density at radius 3 is 2.48 bits per heavy atom. The summed E-state index contributed by atoms with van der Waals surface area (Å²) in [5.74, 6) is -0.574. The second-order valence-electron chi connectivity index (χ2n) is 6.81. The van der Waals surface area contributed by atoms with E-state index in [0.29, 0.717) is 23.4 Å². The Bertz CT molecular complexity index is 1080. The first-order valence-electron chi connectivity index (χ1n) is 8.85. The lowest BCUT2D eigenvalue weighted by molar-refractivity contribution is 0.0601. The van der Waals surface area contributed by atoms with Crippen molar-refractivity contribution in [2.45, 2.75) is 19.4 Å². The predicted octanol–water partition coefficient (Wildman–Crippen LogP) is 2.44. The van der Waals surface area contributed by atoms with E-state index in [9.17, 15) is 18.0 Å². The SMILES string of the molecule is COC(=O)c1cc(OC)ccc1NC(=O)c1ccc2c(c1)CC(C)N2S(C)(=O)=O. The minimum absolute atomic E-state index is 0.165. The summed E-state index contributed by atoms with van der Waals surface area (Å²) in [6.07, 6.45) is 1.68. The summed E-state index contributed by atoms with van der Waals surface area (Å²) in [6, 6.07) is 9.31. The fourth-order valence-electron chi connectivity index (χ4n) is 3.48. The van der Waals surface area contributed by atoms with Gasteiger partial charge in [0.2, 0.25) is 10.0 Å². The zero-order valence-corrected chi connectivity index (χ0v) is 17.4. The highest BCUT2D eigenvalue weighted by Crippen LogP contribution is 2.35. The highest BCUT2D eigenvalue weighted by Gasteiger charge is 2.32. The number of sulfonamides is 1. The number of rotatable bonds is 5. The molecule has 1 unspecified atom stereocenters. The summed E-state index contributed by atoms with van der Waals surface area (Å²) < 4.78 is 35.3. The molecule has 0 aliphatic carbocycles. The van der Waals surface area contributed by atoms with Gasteiger partial charge >= 0.3 is 5.97 Å². The maximum atomic E-state index is 12.8. The number of benzene rings is 2. The number of hydrogen-bond donors (Lipinski definition) is 1. The van der Waals surface area contributed by atoms with Crippen molar-refractivity contribution < 1.29 is 27.5 Å². The molecule has 1 heterocycles. The van der Waals surface area contributed by atoms with Gasteiger partial charge in [-0.3, -0.25) is 9.10 Å². The molecule has 0 saturated carbocycles. The van der Waals surface area contributed by atoms with Crippen LogP contribution in [-0.4, -0.2) is 46.8 Å². The van der Waals surface area contributed by atoms with Crippen molar-refractivity contribution in [3.8, 4) is 5.75 Å². The van der Waals surface area contributed by atoms with Crippen molar-refractivity contribution in [2.75, 3.05) is 30.1 Å². The molecular formula is C20H22N2O6S. The van der Waals surface area contributed by atoms with Crippen molar-refractivity contribution >= 4 is 33.3 Å². The van der Waals surface area contributed by atoms with E-state index in [-0.39, 0.29) is 17.3 Å². The maximum absolute atomic E-state index is 12.8. The quantitative estimate of drug-likeness (QED) is 0.749. The number of nitrogens with zero attached hydrogens (tertiary/aromatic N) is 1. The number of fused-ring (bicyclic) bond motifs is 1. The molecule has 0 saturated heterocycles. The topological polar surface area (TPSA) is 102 Å². The molecule has 1 aliphatic heterocycles. The van der Waals surface area contributed by atoms with E-state index in [2.05, 4.69) is 5.32 Å². The molecule has 1 N–H and O–H groups in total. The van der Waals surface area contributed by atoms with Crippen LogP contribution in [0.15, 0.2) is 36.4 Å².